The van der Waals surface area contributed by atoms with Gasteiger partial charge in [0.25, 0.3) is 5.78 Å². The van der Waals surface area contributed by atoms with Gasteiger partial charge < -0.3 is 4.74 Å². The number of methoxy groups -OCH3 is 1. The van der Waals surface area contributed by atoms with Gasteiger partial charge in [-0.25, -0.2) is 22.6 Å². The Hall–Kier alpha value is -2.52. The third kappa shape index (κ3) is 4.99. The fraction of sp³-hybridized carbons (Fsp3) is 0.353. The van der Waals surface area contributed by atoms with E-state index in [-0.39, 0.29) is 5.75 Å². The van der Waals surface area contributed by atoms with Gasteiger partial charge in [-0.15, -0.1) is 0 Å². The molecule has 0 bridgehead atoms. The number of nitrogens with zero attached hydrogens (tertiary/aromatic N) is 4. The summed E-state index contributed by atoms with van der Waals surface area (Å²) in [5, 5.41) is 4.03. The molecule has 0 saturated carbocycles. The monoisotopic (exact) mass is 375 g/mol. The summed E-state index contributed by atoms with van der Waals surface area (Å²) in [5.41, 5.74) is 1.95. The molecule has 0 saturated heterocycles. The van der Waals surface area contributed by atoms with E-state index in [1.54, 1.807) is 17.8 Å². The van der Waals surface area contributed by atoms with Crippen LogP contribution in [0.3, 0.4) is 0 Å². The number of rotatable bonds is 9. The van der Waals surface area contributed by atoms with E-state index in [2.05, 4.69) is 19.8 Å². The molecule has 0 fully saturated rings. The van der Waals surface area contributed by atoms with Crippen LogP contribution >= 0.6 is 0 Å². The van der Waals surface area contributed by atoms with Crippen LogP contribution in [0.5, 0.6) is 5.75 Å². The predicted molar refractivity (Wildman–Crippen MR) is 97.6 cm³/mol. The molecule has 8 nitrogen and oxygen atoms in total. The molecule has 0 aliphatic carbocycles. The molecule has 9 heteroatoms. The van der Waals surface area contributed by atoms with Gasteiger partial charge in [-0.1, -0.05) is 12.1 Å². The predicted octanol–water partition coefficient (Wildman–Crippen LogP) is 1.23. The molecule has 0 amide bonds. The number of sulfonamides is 1. The Morgan fingerprint density at radius 2 is 1.92 bits per heavy atom. The number of aromatic nitrogens is 4. The van der Waals surface area contributed by atoms with Crippen molar-refractivity contribution in [1.82, 2.24) is 24.3 Å². The van der Waals surface area contributed by atoms with Gasteiger partial charge in [0, 0.05) is 18.9 Å². The maximum atomic E-state index is 12.1. The molecule has 3 rings (SSSR count). The van der Waals surface area contributed by atoms with Crippen molar-refractivity contribution in [2.45, 2.75) is 19.3 Å². The molecule has 1 N–H and O–H groups in total. The zero-order valence-electron chi connectivity index (χ0n) is 14.5. The van der Waals surface area contributed by atoms with Crippen molar-refractivity contribution in [1.29, 1.82) is 0 Å². The van der Waals surface area contributed by atoms with Gasteiger partial charge in [0.1, 0.15) is 12.1 Å². The normalized spacial score (nSPS) is 11.7. The second kappa shape index (κ2) is 8.24. The number of fused-ring (bicyclic) bond motifs is 1. The summed E-state index contributed by atoms with van der Waals surface area (Å²) < 4.78 is 33.6. The molecular formula is C17H21N5O3S. The molecule has 2 heterocycles. The molecule has 0 atom stereocenters. The van der Waals surface area contributed by atoms with Gasteiger partial charge in [-0.3, -0.25) is 0 Å². The van der Waals surface area contributed by atoms with Gasteiger partial charge in [0.05, 0.1) is 12.9 Å². The Labute approximate surface area is 152 Å². The van der Waals surface area contributed by atoms with Crippen molar-refractivity contribution < 1.29 is 13.2 Å². The van der Waals surface area contributed by atoms with Crippen molar-refractivity contribution in [3.8, 4) is 5.75 Å². The van der Waals surface area contributed by atoms with Crippen molar-refractivity contribution >= 4 is 15.8 Å². The van der Waals surface area contributed by atoms with Crippen LogP contribution in [0.4, 0.5) is 0 Å². The van der Waals surface area contributed by atoms with Gasteiger partial charge in [-0.05, 0) is 42.5 Å². The smallest absolute Gasteiger partial charge is 0.252 e. The fourth-order valence-electron chi connectivity index (χ4n) is 2.52. The van der Waals surface area contributed by atoms with E-state index in [0.717, 1.165) is 16.9 Å². The van der Waals surface area contributed by atoms with Crippen molar-refractivity contribution in [3.63, 3.8) is 0 Å². The van der Waals surface area contributed by atoms with Crippen LogP contribution in [-0.4, -0.2) is 47.4 Å². The van der Waals surface area contributed by atoms with Crippen LogP contribution < -0.4 is 9.46 Å². The molecule has 0 unspecified atom stereocenters. The lowest BCUT2D eigenvalue weighted by atomic mass is 10.2. The lowest BCUT2D eigenvalue weighted by Gasteiger charge is -2.07. The van der Waals surface area contributed by atoms with Crippen LogP contribution in [0.1, 0.15) is 17.5 Å². The molecule has 0 aliphatic rings. The van der Waals surface area contributed by atoms with E-state index in [9.17, 15) is 8.42 Å². The molecular weight excluding hydrogens is 354 g/mol. The summed E-state index contributed by atoms with van der Waals surface area (Å²) in [5.74, 6) is 1.37. The first-order valence-corrected chi connectivity index (χ1v) is 9.95. The summed E-state index contributed by atoms with van der Waals surface area (Å²) in [6, 6.07) is 7.41. The SMILES string of the molecule is COc1ccc(CCS(=O)(=O)NCCCc2cnc3ncnn3c2)cc1. The molecule has 0 aliphatic heterocycles. The molecule has 0 spiro atoms. The Balaban J connectivity index is 1.42. The molecule has 2 aromatic heterocycles. The highest BCUT2D eigenvalue weighted by molar-refractivity contribution is 7.89. The zero-order valence-corrected chi connectivity index (χ0v) is 15.3. The molecule has 1 aromatic carbocycles. The third-order valence-corrected chi connectivity index (χ3v) is 5.36. The summed E-state index contributed by atoms with van der Waals surface area (Å²) in [6.07, 6.45) is 6.90. The van der Waals surface area contributed by atoms with E-state index in [1.165, 1.54) is 6.33 Å². The number of benzene rings is 1. The van der Waals surface area contributed by atoms with Crippen LogP contribution in [0.15, 0.2) is 43.0 Å². The topological polar surface area (TPSA) is 98.5 Å². The van der Waals surface area contributed by atoms with E-state index in [4.69, 9.17) is 4.74 Å². The van der Waals surface area contributed by atoms with Crippen molar-refractivity contribution in [2.75, 3.05) is 19.4 Å². The van der Waals surface area contributed by atoms with Crippen molar-refractivity contribution in [2.24, 2.45) is 0 Å². The standard InChI is InChI=1S/C17H21N5O3S/c1-25-16-6-4-14(5-7-16)8-10-26(23,24)21-9-2-3-15-11-18-17-19-13-20-22(17)12-15/h4-7,11-13,21H,2-3,8-10H2,1H3. The lowest BCUT2D eigenvalue weighted by molar-refractivity contribution is 0.414. The summed E-state index contributed by atoms with van der Waals surface area (Å²) in [7, 11) is -1.70. The maximum absolute atomic E-state index is 12.1. The third-order valence-electron chi connectivity index (χ3n) is 3.97. The van der Waals surface area contributed by atoms with Gasteiger partial charge in [0.2, 0.25) is 10.0 Å². The number of nitrogens with one attached hydrogen (secondary N) is 1. The number of hydrogen-bond acceptors (Lipinski definition) is 6. The number of aryl methyl sites for hydroxylation is 2. The Bertz CT molecular complexity index is 954. The van der Waals surface area contributed by atoms with Gasteiger partial charge in [0.15, 0.2) is 0 Å². The summed E-state index contributed by atoms with van der Waals surface area (Å²) in [4.78, 5) is 8.17. The van der Waals surface area contributed by atoms with Crippen molar-refractivity contribution in [3.05, 3.63) is 54.1 Å². The van der Waals surface area contributed by atoms with Crippen LogP contribution in [0.25, 0.3) is 5.78 Å². The molecule has 3 aromatic rings. The first-order valence-electron chi connectivity index (χ1n) is 8.30. The minimum Gasteiger partial charge on any atom is -0.497 e. The van der Waals surface area contributed by atoms with Crippen LogP contribution in [-0.2, 0) is 22.9 Å². The van der Waals surface area contributed by atoms with Crippen LogP contribution in [0.2, 0.25) is 0 Å². The largest absolute Gasteiger partial charge is 0.497 e. The van der Waals surface area contributed by atoms with E-state index >= 15 is 0 Å². The zero-order chi connectivity index (χ0) is 18.4. The molecule has 138 valence electrons. The summed E-state index contributed by atoms with van der Waals surface area (Å²) in [6.45, 7) is 0.389. The maximum Gasteiger partial charge on any atom is 0.252 e. The van der Waals surface area contributed by atoms with E-state index in [1.807, 2.05) is 30.5 Å². The quantitative estimate of drug-likeness (QED) is 0.565. The molecule has 0 radical (unpaired) electrons. The second-order valence-corrected chi connectivity index (χ2v) is 7.81. The Kier molecular flexibility index (Phi) is 5.79. The first-order chi connectivity index (χ1) is 12.6. The van der Waals surface area contributed by atoms with Gasteiger partial charge in [-0.2, -0.15) is 10.1 Å². The van der Waals surface area contributed by atoms with Gasteiger partial charge >= 0.3 is 0 Å². The second-order valence-electron chi connectivity index (χ2n) is 5.88. The highest BCUT2D eigenvalue weighted by atomic mass is 32.2. The fourth-order valence-corrected chi connectivity index (χ4v) is 3.63. The minimum atomic E-state index is -3.30. The number of ether oxygens (including phenoxy) is 1. The average molecular weight is 375 g/mol. The Morgan fingerprint density at radius 3 is 2.69 bits per heavy atom. The van der Waals surface area contributed by atoms with Crippen LogP contribution in [0, 0.1) is 0 Å². The summed E-state index contributed by atoms with van der Waals surface area (Å²) >= 11 is 0. The van der Waals surface area contributed by atoms with E-state index < -0.39 is 10.0 Å². The minimum absolute atomic E-state index is 0.0613. The molecule has 26 heavy (non-hydrogen) atoms. The lowest BCUT2D eigenvalue weighted by Crippen LogP contribution is -2.28. The highest BCUT2D eigenvalue weighted by Gasteiger charge is 2.10. The van der Waals surface area contributed by atoms with E-state index in [0.29, 0.717) is 31.6 Å². The number of hydrogen-bond donors (Lipinski definition) is 1. The average Bonchev–Trinajstić information content (AvgIpc) is 3.12. The Morgan fingerprint density at radius 1 is 1.12 bits per heavy atom. The first kappa shape index (κ1) is 18.3. The highest BCUT2D eigenvalue weighted by Crippen LogP contribution is 2.12.